The van der Waals surface area contributed by atoms with Crippen molar-refractivity contribution in [1.82, 2.24) is 19.9 Å². The Morgan fingerprint density at radius 2 is 2.14 bits per heavy atom. The van der Waals surface area contributed by atoms with Gasteiger partial charge in [-0.05, 0) is 12.1 Å². The number of aryl methyl sites for hydroxylation is 1. The highest BCUT2D eigenvalue weighted by molar-refractivity contribution is 5.63. The molecule has 21 heavy (non-hydrogen) atoms. The first-order chi connectivity index (χ1) is 10.2. The minimum atomic E-state index is -0.505. The Morgan fingerprint density at radius 1 is 1.33 bits per heavy atom. The van der Waals surface area contributed by atoms with Crippen LogP contribution in [0.2, 0.25) is 0 Å². The standard InChI is InChI=1S/C14H15N5O2/c1-19-8-9(7-16-19)12(15)14-17-13(18-21-14)10-5-3-4-6-11(10)20-2/h3-8,12H,15H2,1-2H3. The first-order valence-electron chi connectivity index (χ1n) is 6.40. The summed E-state index contributed by atoms with van der Waals surface area (Å²) >= 11 is 0. The molecule has 0 spiro atoms. The molecule has 1 unspecified atom stereocenters. The van der Waals surface area contributed by atoms with Crippen LogP contribution in [0.4, 0.5) is 0 Å². The Labute approximate surface area is 121 Å². The number of aromatic nitrogens is 4. The van der Waals surface area contributed by atoms with Gasteiger partial charge in [-0.1, -0.05) is 17.3 Å². The molecule has 0 saturated heterocycles. The van der Waals surface area contributed by atoms with Gasteiger partial charge in [-0.25, -0.2) is 0 Å². The molecule has 0 bridgehead atoms. The van der Waals surface area contributed by atoms with Gasteiger partial charge in [0.1, 0.15) is 11.8 Å². The summed E-state index contributed by atoms with van der Waals surface area (Å²) in [7, 11) is 3.42. The molecule has 2 N–H and O–H groups in total. The minimum absolute atomic E-state index is 0.337. The number of ether oxygens (including phenoxy) is 1. The van der Waals surface area contributed by atoms with Crippen LogP contribution in [0.1, 0.15) is 17.5 Å². The van der Waals surface area contributed by atoms with Crippen LogP contribution in [-0.2, 0) is 7.05 Å². The zero-order valence-corrected chi connectivity index (χ0v) is 11.7. The van der Waals surface area contributed by atoms with Crippen LogP contribution in [-0.4, -0.2) is 27.0 Å². The van der Waals surface area contributed by atoms with Crippen LogP contribution < -0.4 is 10.5 Å². The van der Waals surface area contributed by atoms with Gasteiger partial charge in [0.2, 0.25) is 11.7 Å². The molecule has 108 valence electrons. The van der Waals surface area contributed by atoms with Crippen molar-refractivity contribution in [1.29, 1.82) is 0 Å². The molecule has 3 aromatic rings. The molecule has 0 aliphatic rings. The van der Waals surface area contributed by atoms with Crippen molar-refractivity contribution < 1.29 is 9.26 Å². The second-order valence-electron chi connectivity index (χ2n) is 4.58. The zero-order chi connectivity index (χ0) is 14.8. The summed E-state index contributed by atoms with van der Waals surface area (Å²) in [5.41, 5.74) is 7.68. The molecular weight excluding hydrogens is 270 g/mol. The predicted octanol–water partition coefficient (Wildman–Crippen LogP) is 1.53. The Balaban J connectivity index is 1.93. The van der Waals surface area contributed by atoms with Crippen LogP contribution in [0.5, 0.6) is 5.75 Å². The Bertz CT molecular complexity index is 749. The average Bonchev–Trinajstić information content (AvgIpc) is 3.15. The van der Waals surface area contributed by atoms with E-state index in [2.05, 4.69) is 15.2 Å². The molecule has 2 aromatic heterocycles. The van der Waals surface area contributed by atoms with Crippen LogP contribution in [0.15, 0.2) is 41.2 Å². The van der Waals surface area contributed by atoms with Crippen LogP contribution in [0.3, 0.4) is 0 Å². The van der Waals surface area contributed by atoms with E-state index in [1.54, 1.807) is 18.0 Å². The van der Waals surface area contributed by atoms with Crippen LogP contribution in [0.25, 0.3) is 11.4 Å². The minimum Gasteiger partial charge on any atom is -0.496 e. The Hall–Kier alpha value is -2.67. The number of methoxy groups -OCH3 is 1. The van der Waals surface area contributed by atoms with E-state index < -0.39 is 6.04 Å². The van der Waals surface area contributed by atoms with Gasteiger partial charge in [0, 0.05) is 18.8 Å². The van der Waals surface area contributed by atoms with Gasteiger partial charge in [-0.3, -0.25) is 4.68 Å². The highest BCUT2D eigenvalue weighted by atomic mass is 16.5. The van der Waals surface area contributed by atoms with Crippen molar-refractivity contribution in [2.24, 2.45) is 12.8 Å². The number of benzene rings is 1. The third kappa shape index (κ3) is 2.50. The van der Waals surface area contributed by atoms with Gasteiger partial charge >= 0.3 is 0 Å². The lowest BCUT2D eigenvalue weighted by Crippen LogP contribution is -2.11. The number of nitrogens with zero attached hydrogens (tertiary/aromatic N) is 4. The van der Waals surface area contributed by atoms with Crippen molar-refractivity contribution in [3.05, 3.63) is 48.1 Å². The van der Waals surface area contributed by atoms with Gasteiger partial charge in [0.25, 0.3) is 0 Å². The highest BCUT2D eigenvalue weighted by Crippen LogP contribution is 2.28. The molecule has 1 aromatic carbocycles. The predicted molar refractivity (Wildman–Crippen MR) is 75.5 cm³/mol. The molecule has 0 aliphatic carbocycles. The summed E-state index contributed by atoms with van der Waals surface area (Å²) in [6, 6.07) is 6.96. The largest absolute Gasteiger partial charge is 0.496 e. The average molecular weight is 285 g/mol. The SMILES string of the molecule is COc1ccccc1-c1noc(C(N)c2cnn(C)c2)n1. The van der Waals surface area contributed by atoms with Crippen molar-refractivity contribution in [3.8, 4) is 17.1 Å². The van der Waals surface area contributed by atoms with Crippen molar-refractivity contribution >= 4 is 0 Å². The zero-order valence-electron chi connectivity index (χ0n) is 11.7. The summed E-state index contributed by atoms with van der Waals surface area (Å²) in [5, 5.41) is 8.06. The van der Waals surface area contributed by atoms with E-state index in [0.29, 0.717) is 17.5 Å². The topological polar surface area (TPSA) is 92.0 Å². The number of hydrogen-bond acceptors (Lipinski definition) is 6. The summed E-state index contributed by atoms with van der Waals surface area (Å²) < 4.78 is 12.2. The number of para-hydroxylation sites is 1. The van der Waals surface area contributed by atoms with E-state index in [1.165, 1.54) is 0 Å². The first-order valence-corrected chi connectivity index (χ1v) is 6.40. The van der Waals surface area contributed by atoms with Gasteiger partial charge in [0.15, 0.2) is 0 Å². The fourth-order valence-corrected chi connectivity index (χ4v) is 2.04. The molecular formula is C14H15N5O2. The third-order valence-corrected chi connectivity index (χ3v) is 3.14. The van der Waals surface area contributed by atoms with E-state index in [1.807, 2.05) is 37.5 Å². The van der Waals surface area contributed by atoms with Crippen molar-refractivity contribution in [2.45, 2.75) is 6.04 Å². The second-order valence-corrected chi connectivity index (χ2v) is 4.58. The van der Waals surface area contributed by atoms with E-state index in [-0.39, 0.29) is 0 Å². The molecule has 0 fully saturated rings. The van der Waals surface area contributed by atoms with Crippen LogP contribution in [0, 0.1) is 0 Å². The van der Waals surface area contributed by atoms with E-state index >= 15 is 0 Å². The van der Waals surface area contributed by atoms with E-state index in [4.69, 9.17) is 15.0 Å². The first kappa shape index (κ1) is 13.3. The summed E-state index contributed by atoms with van der Waals surface area (Å²) in [6.45, 7) is 0. The molecule has 3 rings (SSSR count). The number of rotatable bonds is 4. The summed E-state index contributed by atoms with van der Waals surface area (Å²) in [5.74, 6) is 1.46. The van der Waals surface area contributed by atoms with Gasteiger partial charge < -0.3 is 15.0 Å². The maximum absolute atomic E-state index is 6.11. The molecule has 0 radical (unpaired) electrons. The smallest absolute Gasteiger partial charge is 0.248 e. The van der Waals surface area contributed by atoms with Gasteiger partial charge in [-0.2, -0.15) is 10.1 Å². The molecule has 0 amide bonds. The fraction of sp³-hybridized carbons (Fsp3) is 0.214. The molecule has 7 heteroatoms. The molecule has 0 aliphatic heterocycles. The molecule has 7 nitrogen and oxygen atoms in total. The maximum atomic E-state index is 6.11. The Morgan fingerprint density at radius 3 is 2.86 bits per heavy atom. The maximum Gasteiger partial charge on any atom is 0.248 e. The number of hydrogen-bond donors (Lipinski definition) is 1. The molecule has 0 saturated carbocycles. The third-order valence-electron chi connectivity index (χ3n) is 3.14. The fourth-order valence-electron chi connectivity index (χ4n) is 2.04. The van der Waals surface area contributed by atoms with E-state index in [0.717, 1.165) is 11.1 Å². The Kier molecular flexibility index (Phi) is 3.41. The van der Waals surface area contributed by atoms with Crippen LogP contribution >= 0.6 is 0 Å². The monoisotopic (exact) mass is 285 g/mol. The lowest BCUT2D eigenvalue weighted by Gasteiger charge is -2.03. The van der Waals surface area contributed by atoms with Gasteiger partial charge in [0.05, 0.1) is 18.9 Å². The van der Waals surface area contributed by atoms with Crippen molar-refractivity contribution in [2.75, 3.05) is 7.11 Å². The normalized spacial score (nSPS) is 12.3. The van der Waals surface area contributed by atoms with Gasteiger partial charge in [-0.15, -0.1) is 0 Å². The molecule has 2 heterocycles. The van der Waals surface area contributed by atoms with E-state index in [9.17, 15) is 0 Å². The second kappa shape index (κ2) is 5.37. The van der Waals surface area contributed by atoms with Crippen molar-refractivity contribution in [3.63, 3.8) is 0 Å². The quantitative estimate of drug-likeness (QED) is 0.781. The number of nitrogens with two attached hydrogens (primary N) is 1. The summed E-state index contributed by atoms with van der Waals surface area (Å²) in [6.07, 6.45) is 3.50. The lowest BCUT2D eigenvalue weighted by molar-refractivity contribution is 0.367. The highest BCUT2D eigenvalue weighted by Gasteiger charge is 2.20. The lowest BCUT2D eigenvalue weighted by atomic mass is 10.1. The molecule has 1 atom stereocenters. The summed E-state index contributed by atoms with van der Waals surface area (Å²) in [4.78, 5) is 4.35.